The summed E-state index contributed by atoms with van der Waals surface area (Å²) < 4.78 is 26.7. The maximum Gasteiger partial charge on any atom is 0.243 e. The molecule has 1 saturated carbocycles. The zero-order chi connectivity index (χ0) is 20.4. The highest BCUT2D eigenvalue weighted by Gasteiger charge is 2.38. The van der Waals surface area contributed by atoms with Crippen molar-refractivity contribution in [3.63, 3.8) is 0 Å². The predicted octanol–water partition coefficient (Wildman–Crippen LogP) is 2.59. The Morgan fingerprint density at radius 2 is 1.62 bits per heavy atom. The van der Waals surface area contributed by atoms with Crippen molar-refractivity contribution in [2.75, 3.05) is 25.0 Å². The van der Waals surface area contributed by atoms with E-state index >= 15 is 0 Å². The second kappa shape index (κ2) is 8.44. The number of anilines is 1. The van der Waals surface area contributed by atoms with Crippen LogP contribution in [0.3, 0.4) is 0 Å². The lowest BCUT2D eigenvalue weighted by molar-refractivity contribution is -0.130. The number of likely N-dealkylation sites (tertiary alicyclic amines) is 1. The highest BCUT2D eigenvalue weighted by Crippen LogP contribution is 2.29. The van der Waals surface area contributed by atoms with Crippen molar-refractivity contribution >= 4 is 27.5 Å². The third kappa shape index (κ3) is 4.33. The molecule has 3 aliphatic rings. The molecule has 8 heteroatoms. The van der Waals surface area contributed by atoms with E-state index in [1.165, 1.54) is 22.9 Å². The standard InChI is InChI=1S/C21H29N3O4S/c25-20-14-16(15-24(20)18-6-2-1-3-7-18)21(26)22-17-8-10-19(11-9-17)29(27,28)23-12-4-5-13-23/h8-11,16,18H,1-7,12-15H2,(H,22,26)/t16-/m1/s1. The Bertz CT molecular complexity index is 856. The molecule has 1 aliphatic carbocycles. The van der Waals surface area contributed by atoms with E-state index in [1.54, 1.807) is 12.1 Å². The second-order valence-electron chi connectivity index (χ2n) is 8.36. The first-order chi connectivity index (χ1) is 13.9. The lowest BCUT2D eigenvalue weighted by Crippen LogP contribution is -2.38. The van der Waals surface area contributed by atoms with Crippen LogP contribution in [0.5, 0.6) is 0 Å². The molecule has 2 amide bonds. The van der Waals surface area contributed by atoms with Gasteiger partial charge in [0, 0.05) is 37.8 Å². The summed E-state index contributed by atoms with van der Waals surface area (Å²) in [4.78, 5) is 27.2. The van der Waals surface area contributed by atoms with Gasteiger partial charge in [0.15, 0.2) is 0 Å². The van der Waals surface area contributed by atoms with Crippen molar-refractivity contribution in [2.24, 2.45) is 5.92 Å². The molecule has 0 unspecified atom stereocenters. The van der Waals surface area contributed by atoms with Gasteiger partial charge in [-0.25, -0.2) is 8.42 Å². The Morgan fingerprint density at radius 3 is 2.28 bits per heavy atom. The minimum Gasteiger partial charge on any atom is -0.339 e. The molecular weight excluding hydrogens is 390 g/mol. The molecule has 1 atom stereocenters. The molecule has 0 spiro atoms. The van der Waals surface area contributed by atoms with Crippen LogP contribution in [0, 0.1) is 5.92 Å². The maximum atomic E-state index is 12.7. The quantitative estimate of drug-likeness (QED) is 0.795. The first-order valence-electron chi connectivity index (χ1n) is 10.7. The van der Waals surface area contributed by atoms with E-state index in [9.17, 15) is 18.0 Å². The molecule has 3 fully saturated rings. The number of hydrogen-bond donors (Lipinski definition) is 1. The van der Waals surface area contributed by atoms with E-state index in [4.69, 9.17) is 0 Å². The third-order valence-corrected chi connectivity index (χ3v) is 8.28. The Balaban J connectivity index is 1.37. The lowest BCUT2D eigenvalue weighted by atomic mass is 9.94. The van der Waals surface area contributed by atoms with Crippen molar-refractivity contribution in [1.29, 1.82) is 0 Å². The zero-order valence-corrected chi connectivity index (χ0v) is 17.5. The summed E-state index contributed by atoms with van der Waals surface area (Å²) in [5, 5.41) is 2.85. The Kier molecular flexibility index (Phi) is 5.92. The van der Waals surface area contributed by atoms with Gasteiger partial charge >= 0.3 is 0 Å². The van der Waals surface area contributed by atoms with Crippen molar-refractivity contribution in [3.05, 3.63) is 24.3 Å². The topological polar surface area (TPSA) is 86.8 Å². The van der Waals surface area contributed by atoms with Gasteiger partial charge in [0.1, 0.15) is 0 Å². The fourth-order valence-electron chi connectivity index (χ4n) is 4.68. The van der Waals surface area contributed by atoms with Gasteiger partial charge in [0.05, 0.1) is 10.8 Å². The first kappa shape index (κ1) is 20.3. The predicted molar refractivity (Wildman–Crippen MR) is 110 cm³/mol. The number of carbonyl (C=O) groups is 2. The number of amides is 2. The minimum absolute atomic E-state index is 0.0732. The summed E-state index contributed by atoms with van der Waals surface area (Å²) in [6.45, 7) is 1.61. The maximum absolute atomic E-state index is 12.7. The summed E-state index contributed by atoms with van der Waals surface area (Å²) in [6, 6.07) is 6.60. The number of nitrogens with one attached hydrogen (secondary N) is 1. The highest BCUT2D eigenvalue weighted by atomic mass is 32.2. The molecule has 2 heterocycles. The number of rotatable bonds is 5. The number of benzene rings is 1. The van der Waals surface area contributed by atoms with E-state index in [0.717, 1.165) is 38.5 Å². The van der Waals surface area contributed by atoms with Gasteiger partial charge in [-0.2, -0.15) is 4.31 Å². The lowest BCUT2D eigenvalue weighted by Gasteiger charge is -2.31. The summed E-state index contributed by atoms with van der Waals surface area (Å²) in [7, 11) is -3.46. The monoisotopic (exact) mass is 419 g/mol. The van der Waals surface area contributed by atoms with Crippen LogP contribution in [0.15, 0.2) is 29.2 Å². The Morgan fingerprint density at radius 1 is 0.966 bits per heavy atom. The van der Waals surface area contributed by atoms with Gasteiger partial charge < -0.3 is 10.2 Å². The first-order valence-corrected chi connectivity index (χ1v) is 12.1. The molecule has 0 aromatic heterocycles. The normalized spacial score (nSPS) is 24.2. The number of hydrogen-bond acceptors (Lipinski definition) is 4. The van der Waals surface area contributed by atoms with E-state index in [2.05, 4.69) is 5.32 Å². The number of sulfonamides is 1. The van der Waals surface area contributed by atoms with E-state index in [1.807, 2.05) is 4.90 Å². The molecule has 158 valence electrons. The highest BCUT2D eigenvalue weighted by molar-refractivity contribution is 7.89. The molecule has 0 bridgehead atoms. The largest absolute Gasteiger partial charge is 0.339 e. The van der Waals surface area contributed by atoms with Crippen LogP contribution in [0.2, 0.25) is 0 Å². The van der Waals surface area contributed by atoms with Crippen LogP contribution in [0.1, 0.15) is 51.4 Å². The van der Waals surface area contributed by atoms with E-state index < -0.39 is 10.0 Å². The van der Waals surface area contributed by atoms with Crippen LogP contribution in [0.4, 0.5) is 5.69 Å². The van der Waals surface area contributed by atoms with E-state index in [-0.39, 0.29) is 35.1 Å². The summed E-state index contributed by atoms with van der Waals surface area (Å²) >= 11 is 0. The van der Waals surface area contributed by atoms with Crippen molar-refractivity contribution in [1.82, 2.24) is 9.21 Å². The molecule has 2 aliphatic heterocycles. The smallest absolute Gasteiger partial charge is 0.243 e. The van der Waals surface area contributed by atoms with Crippen LogP contribution >= 0.6 is 0 Å². The molecule has 29 heavy (non-hydrogen) atoms. The molecule has 4 rings (SSSR count). The SMILES string of the molecule is O=C(Nc1ccc(S(=O)(=O)N2CCCC2)cc1)[C@@H]1CC(=O)N(C2CCCCC2)C1. The Hall–Kier alpha value is -1.93. The molecule has 1 N–H and O–H groups in total. The molecule has 0 radical (unpaired) electrons. The fraction of sp³-hybridized carbons (Fsp3) is 0.619. The number of carbonyl (C=O) groups excluding carboxylic acids is 2. The molecule has 2 saturated heterocycles. The van der Waals surface area contributed by atoms with Crippen molar-refractivity contribution in [2.45, 2.75) is 62.3 Å². The summed E-state index contributed by atoms with van der Waals surface area (Å²) in [5.41, 5.74) is 0.555. The fourth-order valence-corrected chi connectivity index (χ4v) is 6.20. The van der Waals surface area contributed by atoms with Crippen molar-refractivity contribution < 1.29 is 18.0 Å². The molecule has 7 nitrogen and oxygen atoms in total. The minimum atomic E-state index is -3.46. The van der Waals surface area contributed by atoms with E-state index in [0.29, 0.717) is 25.3 Å². The third-order valence-electron chi connectivity index (χ3n) is 6.37. The number of nitrogens with zero attached hydrogens (tertiary/aromatic N) is 2. The van der Waals surface area contributed by atoms with Gasteiger partial charge in [-0.1, -0.05) is 19.3 Å². The molecule has 1 aromatic rings. The Labute approximate surface area is 172 Å². The average molecular weight is 420 g/mol. The second-order valence-corrected chi connectivity index (χ2v) is 10.3. The van der Waals surface area contributed by atoms with Gasteiger partial charge in [-0.3, -0.25) is 9.59 Å². The van der Waals surface area contributed by atoms with Crippen LogP contribution in [-0.4, -0.2) is 55.1 Å². The van der Waals surface area contributed by atoms with Gasteiger partial charge in [0.25, 0.3) is 0 Å². The summed E-state index contributed by atoms with van der Waals surface area (Å²) in [5.74, 6) is -0.451. The van der Waals surface area contributed by atoms with Gasteiger partial charge in [-0.15, -0.1) is 0 Å². The average Bonchev–Trinajstić information content (AvgIpc) is 3.39. The molecule has 1 aromatic carbocycles. The molecular formula is C21H29N3O4S. The van der Waals surface area contributed by atoms with Crippen LogP contribution in [-0.2, 0) is 19.6 Å². The van der Waals surface area contributed by atoms with Crippen LogP contribution < -0.4 is 5.32 Å². The summed E-state index contributed by atoms with van der Waals surface area (Å²) in [6.07, 6.45) is 7.64. The van der Waals surface area contributed by atoms with Crippen molar-refractivity contribution in [3.8, 4) is 0 Å². The van der Waals surface area contributed by atoms with Crippen LogP contribution in [0.25, 0.3) is 0 Å². The zero-order valence-electron chi connectivity index (χ0n) is 16.7. The van der Waals surface area contributed by atoms with Gasteiger partial charge in [0.2, 0.25) is 21.8 Å². The van der Waals surface area contributed by atoms with Gasteiger partial charge in [-0.05, 0) is 49.9 Å².